The van der Waals surface area contributed by atoms with Crippen LogP contribution in [0, 0.1) is 0 Å². The van der Waals surface area contributed by atoms with Gasteiger partial charge >= 0.3 is 12.1 Å². The lowest BCUT2D eigenvalue weighted by Crippen LogP contribution is -2.67. The zero-order valence-electron chi connectivity index (χ0n) is 16.3. The van der Waals surface area contributed by atoms with E-state index in [1.54, 1.807) is 0 Å². The number of carbonyl (C=O) groups excluding carboxylic acids is 2. The molecule has 0 aliphatic carbocycles. The monoisotopic (exact) mass is 344 g/mol. The molecule has 6 nitrogen and oxygen atoms in total. The van der Waals surface area contributed by atoms with Crippen molar-refractivity contribution >= 4 is 12.1 Å². The lowest BCUT2D eigenvalue weighted by molar-refractivity contribution is -0.941. The predicted molar refractivity (Wildman–Crippen MR) is 91.1 cm³/mol. The Morgan fingerprint density at radius 2 is 1.88 bits per heavy atom. The minimum absolute atomic E-state index is 0.0615. The average Bonchev–Trinajstić information content (AvgIpc) is 2.66. The second kappa shape index (κ2) is 7.83. The molecule has 0 bridgehead atoms. The van der Waals surface area contributed by atoms with Crippen molar-refractivity contribution in [2.45, 2.75) is 91.5 Å². The van der Waals surface area contributed by atoms with Crippen molar-refractivity contribution in [3.05, 3.63) is 0 Å². The molecule has 1 amide bonds. The molecular formula is C18H34NO5+. The number of ether oxygens (including phenoxy) is 3. The van der Waals surface area contributed by atoms with E-state index in [1.165, 1.54) is 0 Å². The fourth-order valence-electron chi connectivity index (χ4n) is 2.94. The molecule has 0 saturated carbocycles. The van der Waals surface area contributed by atoms with Gasteiger partial charge in [-0.2, -0.15) is 9.28 Å². The van der Waals surface area contributed by atoms with Crippen molar-refractivity contribution in [2.24, 2.45) is 0 Å². The second-order valence-electron chi connectivity index (χ2n) is 8.06. The quantitative estimate of drug-likeness (QED) is 0.414. The number of rotatable bonds is 6. The fourth-order valence-corrected chi connectivity index (χ4v) is 2.94. The summed E-state index contributed by atoms with van der Waals surface area (Å²) < 4.78 is 16.7. The summed E-state index contributed by atoms with van der Waals surface area (Å²) in [4.78, 5) is 25.0. The Balaban J connectivity index is 2.91. The number of amides is 1. The summed E-state index contributed by atoms with van der Waals surface area (Å²) in [6.07, 6.45) is 2.79. The fraction of sp³-hybridized carbons (Fsp3) is 0.889. The molecule has 0 N–H and O–H groups in total. The molecule has 1 aliphatic heterocycles. The molecule has 1 saturated heterocycles. The van der Waals surface area contributed by atoms with Gasteiger partial charge in [0.15, 0.2) is 0 Å². The van der Waals surface area contributed by atoms with Gasteiger partial charge in [0.05, 0.1) is 0 Å². The second-order valence-corrected chi connectivity index (χ2v) is 8.06. The molecule has 1 unspecified atom stereocenters. The molecule has 0 aromatic carbocycles. The van der Waals surface area contributed by atoms with Crippen LogP contribution in [0.1, 0.15) is 74.1 Å². The minimum atomic E-state index is -0.814. The van der Waals surface area contributed by atoms with Gasteiger partial charge in [0.2, 0.25) is 12.5 Å². The molecule has 1 aliphatic rings. The van der Waals surface area contributed by atoms with Gasteiger partial charge < -0.3 is 14.2 Å². The van der Waals surface area contributed by atoms with Gasteiger partial charge in [-0.05, 0) is 34.1 Å². The molecule has 140 valence electrons. The van der Waals surface area contributed by atoms with Crippen LogP contribution in [0.15, 0.2) is 0 Å². The van der Waals surface area contributed by atoms with E-state index in [0.717, 1.165) is 19.3 Å². The topological polar surface area (TPSA) is 61.8 Å². The van der Waals surface area contributed by atoms with Gasteiger partial charge in [0.25, 0.3) is 0 Å². The highest BCUT2D eigenvalue weighted by Crippen LogP contribution is 2.38. The van der Waals surface area contributed by atoms with Gasteiger partial charge in [-0.15, -0.1) is 0 Å². The van der Waals surface area contributed by atoms with E-state index < -0.39 is 17.4 Å². The van der Waals surface area contributed by atoms with Gasteiger partial charge in [-0.1, -0.05) is 19.8 Å². The molecule has 1 fully saturated rings. The van der Waals surface area contributed by atoms with Crippen LogP contribution >= 0.6 is 0 Å². The zero-order valence-corrected chi connectivity index (χ0v) is 16.3. The number of quaternary nitrogens is 1. The van der Waals surface area contributed by atoms with E-state index >= 15 is 0 Å². The third-order valence-corrected chi connectivity index (χ3v) is 4.52. The summed E-state index contributed by atoms with van der Waals surface area (Å²) in [6.45, 7) is 13.5. The Labute approximate surface area is 146 Å². The Morgan fingerprint density at radius 3 is 2.33 bits per heavy atom. The smallest absolute Gasteiger partial charge is 0.414 e. The lowest BCUT2D eigenvalue weighted by Gasteiger charge is -2.42. The third kappa shape index (κ3) is 4.70. The SMILES string of the molecule is CCCCCC(=O)OC[N+]1(C(=O)OC(C)(C)C)[C@H](C)COC1(C)C. The summed E-state index contributed by atoms with van der Waals surface area (Å²) in [6, 6.07) is -0.154. The van der Waals surface area contributed by atoms with E-state index in [-0.39, 0.29) is 23.2 Å². The molecule has 0 aromatic heterocycles. The van der Waals surface area contributed by atoms with Gasteiger partial charge in [0.1, 0.15) is 18.2 Å². The molecule has 0 radical (unpaired) electrons. The number of hydrogen-bond acceptors (Lipinski definition) is 5. The standard InChI is InChI=1S/C18H34NO5/c1-8-9-10-11-15(20)22-13-19(16(21)24-17(3,4)5)14(2)12-23-18(19,6)7/h14H,8-13H2,1-7H3/q+1/t14-,19?/m1/s1. The van der Waals surface area contributed by atoms with Gasteiger partial charge in [0, 0.05) is 20.3 Å². The molecule has 0 aromatic rings. The molecular weight excluding hydrogens is 310 g/mol. The number of esters is 1. The Morgan fingerprint density at radius 1 is 1.25 bits per heavy atom. The summed E-state index contributed by atoms with van der Waals surface area (Å²) in [7, 11) is 0. The van der Waals surface area contributed by atoms with E-state index in [2.05, 4.69) is 6.92 Å². The number of nitrogens with zero attached hydrogens (tertiary/aromatic N) is 1. The van der Waals surface area contributed by atoms with Gasteiger partial charge in [-0.25, -0.2) is 0 Å². The molecule has 1 heterocycles. The number of unbranched alkanes of at least 4 members (excludes halogenated alkanes) is 2. The van der Waals surface area contributed by atoms with Crippen LogP contribution in [0.4, 0.5) is 4.79 Å². The predicted octanol–water partition coefficient (Wildman–Crippen LogP) is 3.97. The van der Waals surface area contributed by atoms with Crippen molar-refractivity contribution < 1.29 is 28.3 Å². The third-order valence-electron chi connectivity index (χ3n) is 4.52. The maximum Gasteiger partial charge on any atom is 0.522 e. The maximum absolute atomic E-state index is 13.0. The molecule has 1 rings (SSSR count). The first-order chi connectivity index (χ1) is 11.0. The largest absolute Gasteiger partial charge is 0.522 e. The molecule has 0 spiro atoms. The normalized spacial score (nSPS) is 26.2. The van der Waals surface area contributed by atoms with E-state index in [1.807, 2.05) is 41.5 Å². The molecule has 6 heteroatoms. The van der Waals surface area contributed by atoms with Crippen LogP contribution in [-0.4, -0.2) is 47.3 Å². The van der Waals surface area contributed by atoms with Crippen LogP contribution in [0.2, 0.25) is 0 Å². The summed E-state index contributed by atoms with van der Waals surface area (Å²) in [5.74, 6) is -0.278. The average molecular weight is 344 g/mol. The highest BCUT2D eigenvalue weighted by Gasteiger charge is 2.62. The van der Waals surface area contributed by atoms with Crippen LogP contribution in [0.3, 0.4) is 0 Å². The maximum atomic E-state index is 13.0. The van der Waals surface area contributed by atoms with Crippen molar-refractivity contribution in [1.82, 2.24) is 0 Å². The first-order valence-electron chi connectivity index (χ1n) is 8.87. The van der Waals surface area contributed by atoms with Crippen molar-refractivity contribution in [2.75, 3.05) is 13.3 Å². The number of carbonyl (C=O) groups is 2. The van der Waals surface area contributed by atoms with Crippen LogP contribution in [0.25, 0.3) is 0 Å². The van der Waals surface area contributed by atoms with Crippen molar-refractivity contribution in [3.8, 4) is 0 Å². The lowest BCUT2D eigenvalue weighted by atomic mass is 10.1. The summed E-state index contributed by atoms with van der Waals surface area (Å²) >= 11 is 0. The van der Waals surface area contributed by atoms with Crippen molar-refractivity contribution in [3.63, 3.8) is 0 Å². The van der Waals surface area contributed by atoms with Crippen LogP contribution < -0.4 is 0 Å². The van der Waals surface area contributed by atoms with Crippen molar-refractivity contribution in [1.29, 1.82) is 0 Å². The first kappa shape index (κ1) is 20.9. The van der Waals surface area contributed by atoms with E-state index in [9.17, 15) is 9.59 Å². The van der Waals surface area contributed by atoms with Gasteiger partial charge in [-0.3, -0.25) is 4.79 Å². The van der Waals surface area contributed by atoms with E-state index in [4.69, 9.17) is 14.2 Å². The molecule has 2 atom stereocenters. The highest BCUT2D eigenvalue weighted by molar-refractivity contribution is 5.69. The summed E-state index contributed by atoms with van der Waals surface area (Å²) in [5, 5.41) is 0. The minimum Gasteiger partial charge on any atom is -0.414 e. The van der Waals surface area contributed by atoms with Crippen LogP contribution in [0.5, 0.6) is 0 Å². The Kier molecular flexibility index (Phi) is 6.82. The molecule has 24 heavy (non-hydrogen) atoms. The van der Waals surface area contributed by atoms with Crippen LogP contribution in [-0.2, 0) is 19.0 Å². The summed E-state index contributed by atoms with van der Waals surface area (Å²) in [5.41, 5.74) is -1.43. The Bertz CT molecular complexity index is 455. The zero-order chi connectivity index (χ0) is 18.6. The highest BCUT2D eigenvalue weighted by atomic mass is 16.6. The van der Waals surface area contributed by atoms with E-state index in [0.29, 0.717) is 13.0 Å². The Hall–Kier alpha value is -1.14. The number of hydrogen-bond donors (Lipinski definition) is 0. The first-order valence-corrected chi connectivity index (χ1v) is 8.87.